The van der Waals surface area contributed by atoms with E-state index in [4.69, 9.17) is 9.84 Å². The van der Waals surface area contributed by atoms with Gasteiger partial charge in [-0.1, -0.05) is 67.8 Å². The van der Waals surface area contributed by atoms with Crippen molar-refractivity contribution in [1.82, 2.24) is 30.2 Å². The Bertz CT molecular complexity index is 1370. The van der Waals surface area contributed by atoms with Gasteiger partial charge in [-0.3, -0.25) is 0 Å². The van der Waals surface area contributed by atoms with Gasteiger partial charge in [0.15, 0.2) is 0 Å². The number of hydrogen-bond acceptors (Lipinski definition) is 5. The number of nitrogens with one attached hydrogen (secondary N) is 1. The van der Waals surface area contributed by atoms with E-state index < -0.39 is 0 Å². The lowest BCUT2D eigenvalue weighted by Gasteiger charge is -2.25. The molecule has 3 aromatic heterocycles. The van der Waals surface area contributed by atoms with Crippen molar-refractivity contribution in [3.63, 3.8) is 0 Å². The minimum Gasteiger partial charge on any atom is -0.489 e. The second kappa shape index (κ2) is 9.09. The Morgan fingerprint density at radius 2 is 1.71 bits per heavy atom. The molecule has 0 bridgehead atoms. The zero-order valence-electron chi connectivity index (χ0n) is 18.9. The van der Waals surface area contributed by atoms with Crippen LogP contribution in [-0.2, 0) is 6.61 Å². The molecule has 0 atom stereocenters. The van der Waals surface area contributed by atoms with E-state index in [-0.39, 0.29) is 0 Å². The van der Waals surface area contributed by atoms with Crippen molar-refractivity contribution < 1.29 is 4.74 Å². The van der Waals surface area contributed by atoms with Crippen molar-refractivity contribution in [2.24, 2.45) is 0 Å². The number of ether oxygens (including phenoxy) is 1. The molecule has 7 nitrogen and oxygen atoms in total. The van der Waals surface area contributed by atoms with Gasteiger partial charge in [0, 0.05) is 11.5 Å². The molecular weight excluding hydrogens is 424 g/mol. The van der Waals surface area contributed by atoms with Gasteiger partial charge >= 0.3 is 0 Å². The normalized spacial score (nSPS) is 14.5. The van der Waals surface area contributed by atoms with Crippen molar-refractivity contribution in [2.75, 3.05) is 0 Å². The minimum absolute atomic E-state index is 0.472. The number of benzene rings is 2. The van der Waals surface area contributed by atoms with Crippen molar-refractivity contribution in [1.29, 1.82) is 0 Å². The van der Waals surface area contributed by atoms with Gasteiger partial charge in [0.05, 0.1) is 23.0 Å². The molecule has 5 aromatic rings. The molecule has 170 valence electrons. The van der Waals surface area contributed by atoms with Gasteiger partial charge in [0.25, 0.3) is 0 Å². The third kappa shape index (κ3) is 3.94. The Balaban J connectivity index is 1.36. The van der Waals surface area contributed by atoms with Gasteiger partial charge < -0.3 is 4.74 Å². The summed E-state index contributed by atoms with van der Waals surface area (Å²) in [6.07, 6.45) is 8.03. The van der Waals surface area contributed by atoms with Crippen LogP contribution in [0.4, 0.5) is 0 Å². The molecule has 34 heavy (non-hydrogen) atoms. The van der Waals surface area contributed by atoms with Crippen molar-refractivity contribution in [3.05, 3.63) is 84.2 Å². The summed E-state index contributed by atoms with van der Waals surface area (Å²) in [5.74, 6) is 1.91. The maximum Gasteiger partial charge on any atom is 0.208 e. The lowest BCUT2D eigenvalue weighted by Crippen LogP contribution is -2.12. The van der Waals surface area contributed by atoms with Crippen LogP contribution in [0, 0.1) is 0 Å². The summed E-state index contributed by atoms with van der Waals surface area (Å²) in [4.78, 5) is 0. The molecule has 0 saturated heterocycles. The fraction of sp³-hybridized carbons (Fsp3) is 0.259. The summed E-state index contributed by atoms with van der Waals surface area (Å²) in [5.41, 5.74) is 6.72. The summed E-state index contributed by atoms with van der Waals surface area (Å²) < 4.78 is 8.10. The van der Waals surface area contributed by atoms with Crippen molar-refractivity contribution in [2.45, 2.75) is 44.6 Å². The van der Waals surface area contributed by atoms with Crippen molar-refractivity contribution >= 4 is 5.52 Å². The number of fused-ring (bicyclic) bond motifs is 1. The van der Waals surface area contributed by atoms with Gasteiger partial charge in [-0.2, -0.15) is 10.3 Å². The molecule has 1 aliphatic rings. The Hall–Kier alpha value is -4.00. The smallest absolute Gasteiger partial charge is 0.208 e. The zero-order valence-corrected chi connectivity index (χ0v) is 18.9. The second-order valence-electron chi connectivity index (χ2n) is 8.86. The lowest BCUT2D eigenvalue weighted by atomic mass is 9.83. The third-order valence-corrected chi connectivity index (χ3v) is 6.71. The molecule has 6 rings (SSSR count). The first kappa shape index (κ1) is 20.6. The highest BCUT2D eigenvalue weighted by molar-refractivity contribution is 5.79. The first-order valence-electron chi connectivity index (χ1n) is 11.9. The fourth-order valence-electron chi connectivity index (χ4n) is 5.00. The van der Waals surface area contributed by atoms with E-state index in [0.29, 0.717) is 18.3 Å². The molecule has 7 heteroatoms. The SMILES string of the molecule is c1ccc(COc2ccc(-c3ccc4c(-c5nn[nH]n5)cnn4c3C3CCCCC3)cc2)cc1. The van der Waals surface area contributed by atoms with E-state index >= 15 is 0 Å². The summed E-state index contributed by atoms with van der Waals surface area (Å²) in [7, 11) is 0. The number of pyridine rings is 1. The molecule has 1 saturated carbocycles. The number of tetrazole rings is 1. The van der Waals surface area contributed by atoms with Crippen molar-refractivity contribution in [3.8, 4) is 28.3 Å². The number of nitrogens with zero attached hydrogens (tertiary/aromatic N) is 5. The average molecular weight is 451 g/mol. The standard InChI is InChI=1S/C27H26N6O/c1-3-7-19(8-4-1)18-34-22-13-11-20(12-14-22)23-15-16-25-24(27-29-31-32-30-27)17-28-33(25)26(23)21-9-5-2-6-10-21/h1,3-4,7-8,11-17,21H,2,5-6,9-10,18H2,(H,29,30,31,32). The number of aromatic amines is 1. The van der Waals surface area contributed by atoms with E-state index in [2.05, 4.69) is 73.7 Å². The molecule has 2 aromatic carbocycles. The third-order valence-electron chi connectivity index (χ3n) is 6.71. The maximum atomic E-state index is 6.00. The molecule has 0 amide bonds. The molecule has 3 heterocycles. The maximum absolute atomic E-state index is 6.00. The van der Waals surface area contributed by atoms with Gasteiger partial charge in [-0.25, -0.2) is 4.52 Å². The van der Waals surface area contributed by atoms with Crippen LogP contribution >= 0.6 is 0 Å². The predicted octanol–water partition coefficient (Wildman–Crippen LogP) is 5.81. The molecule has 0 radical (unpaired) electrons. The van der Waals surface area contributed by atoms with Crippen LogP contribution in [0.1, 0.15) is 49.3 Å². The van der Waals surface area contributed by atoms with Crippen LogP contribution in [0.2, 0.25) is 0 Å². The molecule has 0 unspecified atom stereocenters. The Morgan fingerprint density at radius 3 is 2.47 bits per heavy atom. The van der Waals surface area contributed by atoms with Gasteiger partial charge in [-0.15, -0.1) is 10.2 Å². The van der Waals surface area contributed by atoms with Crippen LogP contribution in [-0.4, -0.2) is 30.2 Å². The number of aromatic nitrogens is 6. The second-order valence-corrected chi connectivity index (χ2v) is 8.86. The molecule has 1 aliphatic carbocycles. The first-order valence-corrected chi connectivity index (χ1v) is 11.9. The Morgan fingerprint density at radius 1 is 0.882 bits per heavy atom. The quantitative estimate of drug-likeness (QED) is 0.353. The summed E-state index contributed by atoms with van der Waals surface area (Å²) >= 11 is 0. The number of rotatable bonds is 6. The molecule has 1 N–H and O–H groups in total. The lowest BCUT2D eigenvalue weighted by molar-refractivity contribution is 0.306. The highest BCUT2D eigenvalue weighted by Crippen LogP contribution is 2.39. The average Bonchev–Trinajstić information content (AvgIpc) is 3.58. The van der Waals surface area contributed by atoms with E-state index in [1.54, 1.807) is 0 Å². The highest BCUT2D eigenvalue weighted by atomic mass is 16.5. The topological polar surface area (TPSA) is 81.0 Å². The van der Waals surface area contributed by atoms with Gasteiger partial charge in [0.2, 0.25) is 5.82 Å². The Labute approximate surface area is 197 Å². The zero-order chi connectivity index (χ0) is 22.7. The number of hydrogen-bond donors (Lipinski definition) is 1. The minimum atomic E-state index is 0.472. The van der Waals surface area contributed by atoms with Gasteiger partial charge in [0.1, 0.15) is 12.4 Å². The van der Waals surface area contributed by atoms with Gasteiger partial charge in [-0.05, 0) is 47.4 Å². The van der Waals surface area contributed by atoms with E-state index in [1.165, 1.54) is 48.9 Å². The summed E-state index contributed by atoms with van der Waals surface area (Å²) in [6.45, 7) is 0.561. The van der Waals surface area contributed by atoms with Crippen LogP contribution in [0.5, 0.6) is 5.75 Å². The van der Waals surface area contributed by atoms with Crippen LogP contribution in [0.3, 0.4) is 0 Å². The molecule has 0 spiro atoms. The van der Waals surface area contributed by atoms with E-state index in [1.807, 2.05) is 24.4 Å². The molecular formula is C27H26N6O. The predicted molar refractivity (Wildman–Crippen MR) is 130 cm³/mol. The highest BCUT2D eigenvalue weighted by Gasteiger charge is 2.24. The first-order chi connectivity index (χ1) is 16.9. The molecule has 0 aliphatic heterocycles. The van der Waals surface area contributed by atoms with Crippen LogP contribution in [0.15, 0.2) is 72.9 Å². The van der Waals surface area contributed by atoms with E-state index in [0.717, 1.165) is 22.4 Å². The number of H-pyrrole nitrogens is 1. The summed E-state index contributed by atoms with van der Waals surface area (Å²) in [5, 5.41) is 19.4. The van der Waals surface area contributed by atoms with Crippen LogP contribution in [0.25, 0.3) is 28.0 Å². The fourth-order valence-corrected chi connectivity index (χ4v) is 5.00. The Kier molecular flexibility index (Phi) is 5.51. The van der Waals surface area contributed by atoms with E-state index in [9.17, 15) is 0 Å². The monoisotopic (exact) mass is 450 g/mol. The van der Waals surface area contributed by atoms with Crippen LogP contribution < -0.4 is 4.74 Å². The largest absolute Gasteiger partial charge is 0.489 e. The summed E-state index contributed by atoms with van der Waals surface area (Å²) in [6, 6.07) is 23.0. The molecule has 1 fully saturated rings.